The minimum Gasteiger partial charge on any atom is -0.494 e. The van der Waals surface area contributed by atoms with Crippen molar-refractivity contribution in [1.82, 2.24) is 10.6 Å². The van der Waals surface area contributed by atoms with Gasteiger partial charge in [-0.3, -0.25) is 20.3 Å². The number of amidine groups is 1. The number of carbonyl (C=O) groups excluding carboxylic acids is 2. The highest BCUT2D eigenvalue weighted by atomic mass is 16.5. The molecule has 9 nitrogen and oxygen atoms in total. The van der Waals surface area contributed by atoms with Crippen LogP contribution >= 0.6 is 0 Å². The Morgan fingerprint density at radius 1 is 0.971 bits per heavy atom. The van der Waals surface area contributed by atoms with Gasteiger partial charge in [0.2, 0.25) is 5.91 Å². The van der Waals surface area contributed by atoms with Gasteiger partial charge in [0.05, 0.1) is 12.5 Å². The topological polar surface area (TPSA) is 138 Å². The predicted molar refractivity (Wildman–Crippen MR) is 129 cm³/mol. The molecule has 0 radical (unpaired) electrons. The largest absolute Gasteiger partial charge is 0.494 e. The Morgan fingerprint density at radius 2 is 1.66 bits per heavy atom. The molecule has 0 unspecified atom stereocenters. The SMILES string of the molecule is N=C(NC(=O)OCc1ccccc1)c1ccc(OCCCC(=O)NC2CCC(C(=O)O)CC2)cc1. The van der Waals surface area contributed by atoms with Crippen LogP contribution in [-0.2, 0) is 20.9 Å². The van der Waals surface area contributed by atoms with Crippen molar-refractivity contribution >= 4 is 23.8 Å². The van der Waals surface area contributed by atoms with Crippen molar-refractivity contribution in [2.24, 2.45) is 5.92 Å². The number of carboxylic acid groups (broad SMARTS) is 1. The molecule has 9 heteroatoms. The third-order valence-electron chi connectivity index (χ3n) is 5.84. The van der Waals surface area contributed by atoms with Gasteiger partial charge in [-0.25, -0.2) is 4.79 Å². The molecule has 0 aromatic heterocycles. The van der Waals surface area contributed by atoms with Gasteiger partial charge in [0.1, 0.15) is 18.2 Å². The standard InChI is InChI=1S/C26H31N3O6/c27-24(29-26(33)35-17-18-5-2-1-3-6-18)19-10-14-22(15-11-19)34-16-4-7-23(30)28-21-12-8-20(9-13-21)25(31)32/h1-3,5-6,10-11,14-15,20-21H,4,7-9,12-13,16-17H2,(H,28,30)(H,31,32)(H2,27,29,33). The summed E-state index contributed by atoms with van der Waals surface area (Å²) in [5.74, 6) is -0.587. The fourth-order valence-electron chi connectivity index (χ4n) is 3.86. The summed E-state index contributed by atoms with van der Waals surface area (Å²) >= 11 is 0. The van der Waals surface area contributed by atoms with Crippen LogP contribution in [0.2, 0.25) is 0 Å². The smallest absolute Gasteiger partial charge is 0.413 e. The average molecular weight is 482 g/mol. The van der Waals surface area contributed by atoms with Crippen molar-refractivity contribution in [3.63, 3.8) is 0 Å². The highest BCUT2D eigenvalue weighted by Crippen LogP contribution is 2.24. The van der Waals surface area contributed by atoms with Gasteiger partial charge in [-0.05, 0) is 61.9 Å². The van der Waals surface area contributed by atoms with Gasteiger partial charge in [-0.2, -0.15) is 0 Å². The molecule has 0 spiro atoms. The number of carbonyl (C=O) groups is 3. The van der Waals surface area contributed by atoms with Gasteiger partial charge in [0, 0.05) is 18.0 Å². The van der Waals surface area contributed by atoms with Crippen LogP contribution in [0.3, 0.4) is 0 Å². The van der Waals surface area contributed by atoms with E-state index in [-0.39, 0.29) is 30.3 Å². The van der Waals surface area contributed by atoms with Crippen LogP contribution < -0.4 is 15.4 Å². The summed E-state index contributed by atoms with van der Waals surface area (Å²) in [6, 6.07) is 16.0. The van der Waals surface area contributed by atoms with E-state index in [1.54, 1.807) is 24.3 Å². The van der Waals surface area contributed by atoms with E-state index in [1.807, 2.05) is 30.3 Å². The molecule has 3 rings (SSSR count). The van der Waals surface area contributed by atoms with E-state index in [2.05, 4.69) is 10.6 Å². The van der Waals surface area contributed by atoms with Gasteiger partial charge in [-0.1, -0.05) is 30.3 Å². The van der Waals surface area contributed by atoms with Crippen molar-refractivity contribution in [2.45, 2.75) is 51.2 Å². The van der Waals surface area contributed by atoms with E-state index < -0.39 is 12.1 Å². The molecule has 0 saturated heterocycles. The fourth-order valence-corrected chi connectivity index (χ4v) is 3.86. The quantitative estimate of drug-likeness (QED) is 0.231. The Hall–Kier alpha value is -3.88. The van der Waals surface area contributed by atoms with Gasteiger partial charge >= 0.3 is 12.1 Å². The predicted octanol–water partition coefficient (Wildman–Crippen LogP) is 3.86. The Labute approximate surface area is 204 Å². The average Bonchev–Trinajstić information content (AvgIpc) is 2.86. The molecule has 1 fully saturated rings. The third kappa shape index (κ3) is 8.77. The Kier molecular flexibility index (Phi) is 9.65. The van der Waals surface area contributed by atoms with Crippen LogP contribution in [0.15, 0.2) is 54.6 Å². The molecule has 186 valence electrons. The van der Waals surface area contributed by atoms with E-state index in [9.17, 15) is 14.4 Å². The van der Waals surface area contributed by atoms with Crippen molar-refractivity contribution in [2.75, 3.05) is 6.61 Å². The second kappa shape index (κ2) is 13.1. The van der Waals surface area contributed by atoms with Crippen LogP contribution in [0.25, 0.3) is 0 Å². The highest BCUT2D eigenvalue weighted by molar-refractivity contribution is 6.04. The zero-order chi connectivity index (χ0) is 25.0. The second-order valence-electron chi connectivity index (χ2n) is 8.49. The first-order valence-electron chi connectivity index (χ1n) is 11.7. The minimum absolute atomic E-state index is 0.0473. The molecule has 1 aliphatic carbocycles. The lowest BCUT2D eigenvalue weighted by molar-refractivity contribution is -0.142. The van der Waals surface area contributed by atoms with E-state index in [0.29, 0.717) is 56.4 Å². The van der Waals surface area contributed by atoms with Gasteiger partial charge in [0.25, 0.3) is 0 Å². The molecule has 0 aliphatic heterocycles. The maximum Gasteiger partial charge on any atom is 0.413 e. The van der Waals surface area contributed by atoms with E-state index in [1.165, 1.54) is 0 Å². The molecule has 2 aromatic carbocycles. The lowest BCUT2D eigenvalue weighted by Crippen LogP contribution is -2.38. The summed E-state index contributed by atoms with van der Waals surface area (Å²) in [6.45, 7) is 0.483. The van der Waals surface area contributed by atoms with Crippen LogP contribution in [0.4, 0.5) is 4.79 Å². The molecule has 0 bridgehead atoms. The highest BCUT2D eigenvalue weighted by Gasteiger charge is 2.26. The molecule has 2 amide bonds. The number of alkyl carbamates (subject to hydrolysis) is 1. The molecule has 0 heterocycles. The summed E-state index contributed by atoms with van der Waals surface area (Å²) in [6.07, 6.45) is 2.76. The lowest BCUT2D eigenvalue weighted by atomic mass is 9.86. The molecule has 4 N–H and O–H groups in total. The van der Waals surface area contributed by atoms with Crippen molar-refractivity contribution in [3.8, 4) is 5.75 Å². The zero-order valence-corrected chi connectivity index (χ0v) is 19.5. The Balaban J connectivity index is 1.30. The first-order valence-corrected chi connectivity index (χ1v) is 11.7. The number of amides is 2. The summed E-state index contributed by atoms with van der Waals surface area (Å²) in [4.78, 5) is 35.0. The van der Waals surface area contributed by atoms with Gasteiger partial charge < -0.3 is 19.9 Å². The minimum atomic E-state index is -0.755. The first-order chi connectivity index (χ1) is 16.9. The molecule has 1 saturated carbocycles. The van der Waals surface area contributed by atoms with Crippen LogP contribution in [0.1, 0.15) is 49.7 Å². The summed E-state index contributed by atoms with van der Waals surface area (Å²) in [7, 11) is 0. The number of hydrogen-bond donors (Lipinski definition) is 4. The van der Waals surface area contributed by atoms with E-state index in [0.717, 1.165) is 5.56 Å². The zero-order valence-electron chi connectivity index (χ0n) is 19.5. The van der Waals surface area contributed by atoms with E-state index in [4.69, 9.17) is 20.0 Å². The number of rotatable bonds is 10. The monoisotopic (exact) mass is 481 g/mol. The summed E-state index contributed by atoms with van der Waals surface area (Å²) in [5.41, 5.74) is 1.36. The molecular weight excluding hydrogens is 450 g/mol. The first kappa shape index (κ1) is 25.7. The van der Waals surface area contributed by atoms with Crippen LogP contribution in [0, 0.1) is 11.3 Å². The maximum atomic E-state index is 12.1. The van der Waals surface area contributed by atoms with Crippen molar-refractivity contribution < 1.29 is 29.0 Å². The molecule has 35 heavy (non-hydrogen) atoms. The number of aliphatic carboxylic acids is 1. The number of hydrogen-bond acceptors (Lipinski definition) is 6. The van der Waals surface area contributed by atoms with E-state index >= 15 is 0 Å². The second-order valence-corrected chi connectivity index (χ2v) is 8.49. The summed E-state index contributed by atoms with van der Waals surface area (Å²) in [5, 5.41) is 22.5. The fraction of sp³-hybridized carbons (Fsp3) is 0.385. The summed E-state index contributed by atoms with van der Waals surface area (Å²) < 4.78 is 10.8. The molecule has 1 aliphatic rings. The third-order valence-corrected chi connectivity index (χ3v) is 5.84. The van der Waals surface area contributed by atoms with Crippen molar-refractivity contribution in [1.29, 1.82) is 5.41 Å². The molecule has 0 atom stereocenters. The number of ether oxygens (including phenoxy) is 2. The van der Waals surface area contributed by atoms with Crippen molar-refractivity contribution in [3.05, 3.63) is 65.7 Å². The molecular formula is C26H31N3O6. The van der Waals surface area contributed by atoms with Gasteiger partial charge in [-0.15, -0.1) is 0 Å². The Bertz CT molecular complexity index is 1000. The number of benzene rings is 2. The van der Waals surface area contributed by atoms with Crippen LogP contribution in [-0.4, -0.2) is 41.6 Å². The number of carboxylic acids is 1. The van der Waals surface area contributed by atoms with Crippen LogP contribution in [0.5, 0.6) is 5.75 Å². The normalized spacial score (nSPS) is 17.1. The van der Waals surface area contributed by atoms with Gasteiger partial charge in [0.15, 0.2) is 0 Å². The maximum absolute atomic E-state index is 12.1. The Morgan fingerprint density at radius 3 is 2.31 bits per heavy atom. The molecule has 2 aromatic rings. The lowest BCUT2D eigenvalue weighted by Gasteiger charge is -2.26. The number of nitrogens with one attached hydrogen (secondary N) is 3.